The zero-order valence-electron chi connectivity index (χ0n) is 17.2. The minimum Gasteiger partial charge on any atom is -0.507 e. The monoisotopic (exact) mass is 434 g/mol. The Kier molecular flexibility index (Phi) is 7.25. The summed E-state index contributed by atoms with van der Waals surface area (Å²) in [7, 11) is 1.21. The number of esters is 1. The van der Waals surface area contributed by atoms with Crippen molar-refractivity contribution in [1.82, 2.24) is 0 Å². The molecule has 0 heterocycles. The first-order chi connectivity index (χ1) is 14.8. The van der Waals surface area contributed by atoms with Crippen LogP contribution in [0, 0.1) is 0 Å². The molecule has 2 aromatic rings. The number of phenols is 1. The highest BCUT2D eigenvalue weighted by Gasteiger charge is 2.29. The Morgan fingerprint density at radius 2 is 1.68 bits per heavy atom. The number of phenolic OH excluding ortho intramolecular Hbond substituents is 1. The molecule has 0 spiro atoms. The normalized spacial score (nSPS) is 15.6. The molecule has 7 heteroatoms. The third-order valence-corrected chi connectivity index (χ3v) is 5.31. The summed E-state index contributed by atoms with van der Waals surface area (Å²) in [5.41, 5.74) is 0.101. The van der Waals surface area contributed by atoms with Gasteiger partial charge in [0.1, 0.15) is 17.1 Å². The first kappa shape index (κ1) is 22.7. The molecule has 1 saturated carbocycles. The number of hydrogen-bond acceptors (Lipinski definition) is 4. The third kappa shape index (κ3) is 6.03. The van der Waals surface area contributed by atoms with E-state index < -0.39 is 17.7 Å². The highest BCUT2D eigenvalue weighted by atomic mass is 19.4. The van der Waals surface area contributed by atoms with Gasteiger partial charge in [0.05, 0.1) is 18.8 Å². The Hall–Kier alpha value is -2.96. The van der Waals surface area contributed by atoms with E-state index >= 15 is 0 Å². The van der Waals surface area contributed by atoms with Crippen LogP contribution in [0.3, 0.4) is 0 Å². The van der Waals surface area contributed by atoms with Gasteiger partial charge in [-0.05, 0) is 55.0 Å². The molecular formula is C24H25F3O4. The van der Waals surface area contributed by atoms with Gasteiger partial charge in [0.2, 0.25) is 0 Å². The molecule has 0 aromatic heterocycles. The summed E-state index contributed by atoms with van der Waals surface area (Å²) in [6.45, 7) is 0. The van der Waals surface area contributed by atoms with E-state index in [2.05, 4.69) is 0 Å². The number of benzene rings is 2. The van der Waals surface area contributed by atoms with Gasteiger partial charge in [-0.1, -0.05) is 37.1 Å². The zero-order chi connectivity index (χ0) is 22.4. The molecule has 1 aliphatic carbocycles. The predicted molar refractivity (Wildman–Crippen MR) is 112 cm³/mol. The fourth-order valence-corrected chi connectivity index (χ4v) is 3.67. The number of ether oxygens (including phenoxy) is 2. The SMILES string of the molecule is COC(=O)c1c(O)cc(OC2CCCCCC2)cc1/C=C/c1ccc(C(F)(F)F)cc1. The van der Waals surface area contributed by atoms with E-state index in [4.69, 9.17) is 9.47 Å². The van der Waals surface area contributed by atoms with Crippen molar-refractivity contribution < 1.29 is 32.5 Å². The third-order valence-electron chi connectivity index (χ3n) is 5.31. The smallest absolute Gasteiger partial charge is 0.416 e. The minimum atomic E-state index is -4.41. The van der Waals surface area contributed by atoms with Crippen molar-refractivity contribution in [2.75, 3.05) is 7.11 Å². The fraction of sp³-hybridized carbons (Fsp3) is 0.375. The molecule has 0 radical (unpaired) electrons. The van der Waals surface area contributed by atoms with E-state index in [1.807, 2.05) is 0 Å². The van der Waals surface area contributed by atoms with Gasteiger partial charge in [0.25, 0.3) is 0 Å². The van der Waals surface area contributed by atoms with Gasteiger partial charge >= 0.3 is 12.1 Å². The second kappa shape index (κ2) is 9.90. The van der Waals surface area contributed by atoms with Gasteiger partial charge in [0, 0.05) is 6.07 Å². The van der Waals surface area contributed by atoms with Crippen LogP contribution in [0.2, 0.25) is 0 Å². The zero-order valence-corrected chi connectivity index (χ0v) is 17.2. The average Bonchev–Trinajstić information content (AvgIpc) is 3.00. The van der Waals surface area contributed by atoms with Crippen molar-refractivity contribution in [3.05, 3.63) is 58.7 Å². The molecule has 4 nitrogen and oxygen atoms in total. The number of methoxy groups -OCH3 is 1. The number of halogens is 3. The summed E-state index contributed by atoms with van der Waals surface area (Å²) in [6, 6.07) is 7.68. The molecule has 31 heavy (non-hydrogen) atoms. The van der Waals surface area contributed by atoms with Crippen molar-refractivity contribution in [2.24, 2.45) is 0 Å². The molecule has 0 bridgehead atoms. The Labute approximate surface area is 179 Å². The first-order valence-electron chi connectivity index (χ1n) is 10.3. The van der Waals surface area contributed by atoms with Crippen molar-refractivity contribution in [2.45, 2.75) is 50.8 Å². The highest BCUT2D eigenvalue weighted by molar-refractivity contribution is 5.98. The van der Waals surface area contributed by atoms with Crippen LogP contribution in [0.1, 0.15) is 65.6 Å². The van der Waals surface area contributed by atoms with Gasteiger partial charge in [-0.15, -0.1) is 0 Å². The van der Waals surface area contributed by atoms with Crippen LogP contribution in [-0.2, 0) is 10.9 Å². The molecule has 1 N–H and O–H groups in total. The molecule has 1 aliphatic rings. The standard InChI is InChI=1S/C24H25F3O4/c1-30-23(29)22-17(11-8-16-9-12-18(13-10-16)24(25,26)27)14-20(15-21(22)28)31-19-6-4-2-3-5-7-19/h8-15,19,28H,2-7H2,1H3/b11-8+. The van der Waals surface area contributed by atoms with Gasteiger partial charge in [-0.3, -0.25) is 0 Å². The van der Waals surface area contributed by atoms with Crippen LogP contribution in [0.4, 0.5) is 13.2 Å². The summed E-state index contributed by atoms with van der Waals surface area (Å²) >= 11 is 0. The predicted octanol–water partition coefficient (Wildman–Crippen LogP) is 6.47. The summed E-state index contributed by atoms with van der Waals surface area (Å²) in [5, 5.41) is 10.4. The average molecular weight is 434 g/mol. The molecule has 1 fully saturated rings. The molecule has 0 atom stereocenters. The van der Waals surface area contributed by atoms with E-state index in [9.17, 15) is 23.1 Å². The summed E-state index contributed by atoms with van der Waals surface area (Å²) in [4.78, 5) is 12.2. The molecule has 3 rings (SSSR count). The Morgan fingerprint density at radius 1 is 1.03 bits per heavy atom. The van der Waals surface area contributed by atoms with Crippen LogP contribution >= 0.6 is 0 Å². The molecule has 0 amide bonds. The number of alkyl halides is 3. The van der Waals surface area contributed by atoms with E-state index in [0.717, 1.165) is 37.8 Å². The van der Waals surface area contributed by atoms with Crippen LogP contribution < -0.4 is 4.74 Å². The number of carbonyl (C=O) groups excluding carboxylic acids is 1. The van der Waals surface area contributed by atoms with Crippen LogP contribution in [0.5, 0.6) is 11.5 Å². The van der Waals surface area contributed by atoms with E-state index in [1.54, 1.807) is 18.2 Å². The maximum Gasteiger partial charge on any atom is 0.416 e. The van der Waals surface area contributed by atoms with Gasteiger partial charge < -0.3 is 14.6 Å². The molecule has 0 aliphatic heterocycles. The quantitative estimate of drug-likeness (QED) is 0.333. The summed E-state index contributed by atoms with van der Waals surface area (Å²) in [6.07, 6.45) is 5.11. The Morgan fingerprint density at radius 3 is 2.26 bits per heavy atom. The van der Waals surface area contributed by atoms with E-state index in [1.165, 1.54) is 38.2 Å². The molecule has 0 saturated heterocycles. The lowest BCUT2D eigenvalue weighted by Crippen LogP contribution is -2.15. The molecule has 0 unspecified atom stereocenters. The topological polar surface area (TPSA) is 55.8 Å². The lowest BCUT2D eigenvalue weighted by Gasteiger charge is -2.18. The summed E-state index contributed by atoms with van der Waals surface area (Å²) in [5.74, 6) is -0.556. The van der Waals surface area contributed by atoms with Crippen molar-refractivity contribution >= 4 is 18.1 Å². The fourth-order valence-electron chi connectivity index (χ4n) is 3.67. The number of aromatic hydroxyl groups is 1. The Balaban J connectivity index is 1.89. The maximum absolute atomic E-state index is 12.7. The molecule has 2 aromatic carbocycles. The lowest BCUT2D eigenvalue weighted by molar-refractivity contribution is -0.137. The number of rotatable bonds is 5. The number of carbonyl (C=O) groups is 1. The maximum atomic E-state index is 12.7. The summed E-state index contributed by atoms with van der Waals surface area (Å²) < 4.78 is 49.1. The van der Waals surface area contributed by atoms with Gasteiger partial charge in [0.15, 0.2) is 0 Å². The van der Waals surface area contributed by atoms with Gasteiger partial charge in [-0.25, -0.2) is 4.79 Å². The van der Waals surface area contributed by atoms with Crippen LogP contribution in [0.25, 0.3) is 12.2 Å². The Bertz CT molecular complexity index is 925. The second-order valence-electron chi connectivity index (χ2n) is 7.58. The second-order valence-corrected chi connectivity index (χ2v) is 7.58. The van der Waals surface area contributed by atoms with Crippen LogP contribution in [0.15, 0.2) is 36.4 Å². The van der Waals surface area contributed by atoms with Crippen molar-refractivity contribution in [3.63, 3.8) is 0 Å². The molecule has 166 valence electrons. The van der Waals surface area contributed by atoms with Crippen molar-refractivity contribution in [3.8, 4) is 11.5 Å². The minimum absolute atomic E-state index is 0.0288. The van der Waals surface area contributed by atoms with E-state index in [-0.39, 0.29) is 17.4 Å². The highest BCUT2D eigenvalue weighted by Crippen LogP contribution is 2.33. The van der Waals surface area contributed by atoms with E-state index in [0.29, 0.717) is 16.9 Å². The largest absolute Gasteiger partial charge is 0.507 e. The van der Waals surface area contributed by atoms with Crippen molar-refractivity contribution in [1.29, 1.82) is 0 Å². The molecular weight excluding hydrogens is 409 g/mol. The first-order valence-corrected chi connectivity index (χ1v) is 10.3. The van der Waals surface area contributed by atoms with Gasteiger partial charge in [-0.2, -0.15) is 13.2 Å². The lowest BCUT2D eigenvalue weighted by atomic mass is 10.0. The van der Waals surface area contributed by atoms with Crippen LogP contribution in [-0.4, -0.2) is 24.3 Å². The number of hydrogen-bond donors (Lipinski definition) is 1.